The first-order valence-corrected chi connectivity index (χ1v) is 8.89. The number of para-hydroxylation sites is 1. The molecule has 0 spiro atoms. The van der Waals surface area contributed by atoms with Crippen LogP contribution in [0.15, 0.2) is 36.4 Å². The van der Waals surface area contributed by atoms with Crippen LogP contribution >= 0.6 is 0 Å². The lowest BCUT2D eigenvalue weighted by atomic mass is 10.1. The molecule has 8 nitrogen and oxygen atoms in total. The summed E-state index contributed by atoms with van der Waals surface area (Å²) < 4.78 is 11.2. The molecule has 2 aromatic carbocycles. The maximum absolute atomic E-state index is 12.4. The summed E-state index contributed by atoms with van der Waals surface area (Å²) in [4.78, 5) is 12.4. The number of carbonyl (C=O) groups is 1. The van der Waals surface area contributed by atoms with Gasteiger partial charge in [-0.05, 0) is 50.6 Å². The van der Waals surface area contributed by atoms with Crippen molar-refractivity contribution in [2.45, 2.75) is 26.8 Å². The van der Waals surface area contributed by atoms with E-state index in [0.717, 1.165) is 5.56 Å². The largest absolute Gasteiger partial charge is 0.490 e. The van der Waals surface area contributed by atoms with Gasteiger partial charge in [-0.1, -0.05) is 12.1 Å². The summed E-state index contributed by atoms with van der Waals surface area (Å²) in [6, 6.07) is 10.5. The van der Waals surface area contributed by atoms with Crippen molar-refractivity contribution in [2.75, 3.05) is 18.5 Å². The Hall–Kier alpha value is -3.29. The SMILES string of the molecule is CCOc1ccc([C@H](C)NC(=O)Nc2cccc3n[nH]nc23)cc1OCC. The van der Waals surface area contributed by atoms with E-state index in [1.54, 1.807) is 6.07 Å². The number of urea groups is 1. The van der Waals surface area contributed by atoms with Crippen LogP contribution in [0.25, 0.3) is 11.0 Å². The fraction of sp³-hybridized carbons (Fsp3) is 0.316. The molecular formula is C19H23N5O3. The fourth-order valence-electron chi connectivity index (χ4n) is 2.74. The summed E-state index contributed by atoms with van der Waals surface area (Å²) in [5, 5.41) is 16.4. The van der Waals surface area contributed by atoms with Gasteiger partial charge in [-0.2, -0.15) is 15.4 Å². The topological polar surface area (TPSA) is 101 Å². The summed E-state index contributed by atoms with van der Waals surface area (Å²) in [7, 11) is 0. The molecule has 0 fully saturated rings. The highest BCUT2D eigenvalue weighted by Crippen LogP contribution is 2.30. The zero-order chi connectivity index (χ0) is 19.2. The number of carbonyl (C=O) groups excluding carboxylic acids is 1. The maximum atomic E-state index is 12.4. The number of hydrogen-bond donors (Lipinski definition) is 3. The third kappa shape index (κ3) is 4.28. The first kappa shape index (κ1) is 18.5. The molecule has 1 aromatic heterocycles. The Morgan fingerprint density at radius 1 is 1.11 bits per heavy atom. The molecule has 142 valence electrons. The van der Waals surface area contributed by atoms with E-state index in [9.17, 15) is 4.79 Å². The van der Waals surface area contributed by atoms with Crippen LogP contribution in [-0.4, -0.2) is 34.7 Å². The van der Waals surface area contributed by atoms with E-state index >= 15 is 0 Å². The number of rotatable bonds is 7. The molecule has 2 amide bonds. The third-order valence-corrected chi connectivity index (χ3v) is 4.01. The molecule has 3 aromatic rings. The summed E-state index contributed by atoms with van der Waals surface area (Å²) in [5.41, 5.74) is 2.80. The number of benzene rings is 2. The average Bonchev–Trinajstić information content (AvgIpc) is 3.13. The Balaban J connectivity index is 1.70. The normalized spacial score (nSPS) is 11.8. The van der Waals surface area contributed by atoms with Crippen molar-refractivity contribution < 1.29 is 14.3 Å². The standard InChI is InChI=1S/C19H23N5O3/c1-4-26-16-10-9-13(11-17(16)27-5-2)12(3)20-19(25)21-14-7-6-8-15-18(14)23-24-22-15/h6-12H,4-5H2,1-3H3,(H2,20,21,25)(H,22,23,24)/t12-/m0/s1. The molecule has 3 N–H and O–H groups in total. The first-order valence-electron chi connectivity index (χ1n) is 8.89. The molecule has 1 atom stereocenters. The molecule has 0 saturated carbocycles. The van der Waals surface area contributed by atoms with Gasteiger partial charge in [0.25, 0.3) is 0 Å². The van der Waals surface area contributed by atoms with Gasteiger partial charge in [0, 0.05) is 0 Å². The van der Waals surface area contributed by atoms with E-state index in [0.29, 0.717) is 41.4 Å². The number of ether oxygens (including phenoxy) is 2. The van der Waals surface area contributed by atoms with Gasteiger partial charge in [0.1, 0.15) is 11.0 Å². The van der Waals surface area contributed by atoms with Crippen LogP contribution in [0.4, 0.5) is 10.5 Å². The van der Waals surface area contributed by atoms with Gasteiger partial charge in [-0.25, -0.2) is 4.79 Å². The minimum absolute atomic E-state index is 0.226. The lowest BCUT2D eigenvalue weighted by Gasteiger charge is -2.18. The average molecular weight is 369 g/mol. The van der Waals surface area contributed by atoms with Crippen LogP contribution in [-0.2, 0) is 0 Å². The molecule has 0 saturated heterocycles. The predicted molar refractivity (Wildman–Crippen MR) is 103 cm³/mol. The number of nitrogens with one attached hydrogen (secondary N) is 3. The molecule has 8 heteroatoms. The Kier molecular flexibility index (Phi) is 5.75. The highest BCUT2D eigenvalue weighted by molar-refractivity contribution is 5.98. The zero-order valence-corrected chi connectivity index (χ0v) is 15.6. The van der Waals surface area contributed by atoms with Crippen LogP contribution in [0.5, 0.6) is 11.5 Å². The first-order chi connectivity index (χ1) is 13.1. The number of aromatic amines is 1. The van der Waals surface area contributed by atoms with Crippen molar-refractivity contribution in [2.24, 2.45) is 0 Å². The van der Waals surface area contributed by atoms with E-state index in [2.05, 4.69) is 26.0 Å². The van der Waals surface area contributed by atoms with Crippen LogP contribution < -0.4 is 20.1 Å². The molecule has 0 aliphatic heterocycles. The number of hydrogen-bond acceptors (Lipinski definition) is 5. The second kappa shape index (κ2) is 8.39. The van der Waals surface area contributed by atoms with Gasteiger partial charge >= 0.3 is 6.03 Å². The van der Waals surface area contributed by atoms with Crippen molar-refractivity contribution >= 4 is 22.8 Å². The Bertz CT molecular complexity index is 925. The number of aromatic nitrogens is 3. The van der Waals surface area contributed by atoms with E-state index in [-0.39, 0.29) is 12.1 Å². The summed E-state index contributed by atoms with van der Waals surface area (Å²) in [6.45, 7) is 6.84. The van der Waals surface area contributed by atoms with Crippen molar-refractivity contribution in [3.63, 3.8) is 0 Å². The van der Waals surface area contributed by atoms with Crippen LogP contribution in [0.3, 0.4) is 0 Å². The number of anilines is 1. The fourth-order valence-corrected chi connectivity index (χ4v) is 2.74. The van der Waals surface area contributed by atoms with E-state index in [4.69, 9.17) is 9.47 Å². The minimum atomic E-state index is -0.329. The molecule has 27 heavy (non-hydrogen) atoms. The monoisotopic (exact) mass is 369 g/mol. The van der Waals surface area contributed by atoms with E-state index < -0.39 is 0 Å². The molecule has 0 aliphatic rings. The van der Waals surface area contributed by atoms with E-state index in [1.807, 2.05) is 51.1 Å². The number of fused-ring (bicyclic) bond motifs is 1. The number of H-pyrrole nitrogens is 1. The van der Waals surface area contributed by atoms with Gasteiger partial charge in [-0.3, -0.25) is 0 Å². The van der Waals surface area contributed by atoms with Gasteiger partial charge < -0.3 is 20.1 Å². The smallest absolute Gasteiger partial charge is 0.319 e. The molecule has 0 radical (unpaired) electrons. The maximum Gasteiger partial charge on any atom is 0.319 e. The lowest BCUT2D eigenvalue weighted by Crippen LogP contribution is -2.31. The van der Waals surface area contributed by atoms with Crippen molar-refractivity contribution in [1.29, 1.82) is 0 Å². The van der Waals surface area contributed by atoms with Crippen molar-refractivity contribution in [3.05, 3.63) is 42.0 Å². The number of nitrogens with zero attached hydrogens (tertiary/aromatic N) is 2. The highest BCUT2D eigenvalue weighted by Gasteiger charge is 2.14. The second-order valence-corrected chi connectivity index (χ2v) is 5.89. The molecular weight excluding hydrogens is 346 g/mol. The van der Waals surface area contributed by atoms with Crippen molar-refractivity contribution in [1.82, 2.24) is 20.7 Å². The van der Waals surface area contributed by atoms with Crippen LogP contribution in [0, 0.1) is 0 Å². The lowest BCUT2D eigenvalue weighted by molar-refractivity contribution is 0.249. The van der Waals surface area contributed by atoms with Gasteiger partial charge in [-0.15, -0.1) is 0 Å². The van der Waals surface area contributed by atoms with Crippen molar-refractivity contribution in [3.8, 4) is 11.5 Å². The minimum Gasteiger partial charge on any atom is -0.490 e. The molecule has 0 unspecified atom stereocenters. The van der Waals surface area contributed by atoms with Crippen LogP contribution in [0.2, 0.25) is 0 Å². The van der Waals surface area contributed by atoms with Crippen LogP contribution in [0.1, 0.15) is 32.4 Å². The van der Waals surface area contributed by atoms with E-state index in [1.165, 1.54) is 0 Å². The Labute approximate surface area is 157 Å². The van der Waals surface area contributed by atoms with Gasteiger partial charge in [0.05, 0.1) is 24.9 Å². The predicted octanol–water partition coefficient (Wildman–Crippen LogP) is 3.64. The van der Waals surface area contributed by atoms with Gasteiger partial charge in [0.2, 0.25) is 0 Å². The quantitative estimate of drug-likeness (QED) is 0.590. The Morgan fingerprint density at radius 3 is 2.67 bits per heavy atom. The summed E-state index contributed by atoms with van der Waals surface area (Å²) >= 11 is 0. The highest BCUT2D eigenvalue weighted by atomic mass is 16.5. The Morgan fingerprint density at radius 2 is 1.89 bits per heavy atom. The number of amides is 2. The molecule has 3 rings (SSSR count). The summed E-state index contributed by atoms with van der Waals surface area (Å²) in [5.74, 6) is 1.36. The third-order valence-electron chi connectivity index (χ3n) is 4.01. The molecule has 1 heterocycles. The molecule has 0 aliphatic carbocycles. The second-order valence-electron chi connectivity index (χ2n) is 5.89. The van der Waals surface area contributed by atoms with Gasteiger partial charge in [0.15, 0.2) is 11.5 Å². The molecule has 0 bridgehead atoms. The summed E-state index contributed by atoms with van der Waals surface area (Å²) in [6.07, 6.45) is 0. The zero-order valence-electron chi connectivity index (χ0n) is 15.6.